The lowest BCUT2D eigenvalue weighted by Crippen LogP contribution is -2.11. The maximum Gasteiger partial charge on any atom is 0.236 e. The van der Waals surface area contributed by atoms with E-state index in [4.69, 9.17) is 19.4 Å². The van der Waals surface area contributed by atoms with Crippen LogP contribution in [0.4, 0.5) is 0 Å². The van der Waals surface area contributed by atoms with Gasteiger partial charge < -0.3 is 9.47 Å². The van der Waals surface area contributed by atoms with Gasteiger partial charge in [0.2, 0.25) is 11.8 Å². The van der Waals surface area contributed by atoms with Crippen LogP contribution in [0, 0.1) is 5.92 Å². The Kier molecular flexibility index (Phi) is 8.28. The highest BCUT2D eigenvalue weighted by Crippen LogP contribution is 2.26. The molecule has 0 aliphatic carbocycles. The van der Waals surface area contributed by atoms with E-state index in [0.717, 1.165) is 34.2 Å². The topological polar surface area (TPSA) is 44.2 Å². The molecule has 0 saturated carbocycles. The van der Waals surface area contributed by atoms with Gasteiger partial charge in [0.1, 0.15) is 18.0 Å². The van der Waals surface area contributed by atoms with Crippen LogP contribution in [0.1, 0.15) is 36.4 Å². The number of alkyl halides is 1. The number of hydrogen-bond donors (Lipinski definition) is 0. The number of rotatable bonds is 10. The maximum absolute atomic E-state index is 6.06. The fourth-order valence-corrected chi connectivity index (χ4v) is 3.44. The third-order valence-electron chi connectivity index (χ3n) is 4.39. The quantitative estimate of drug-likeness (QED) is 0.259. The van der Waals surface area contributed by atoms with Crippen LogP contribution in [0.5, 0.6) is 11.8 Å². The number of halogens is 1. The summed E-state index contributed by atoms with van der Waals surface area (Å²) in [7, 11) is 0. The third kappa shape index (κ3) is 6.70. The average molecular weight is 502 g/mol. The zero-order valence-electron chi connectivity index (χ0n) is 17.0. The molecule has 0 aliphatic rings. The molecule has 29 heavy (non-hydrogen) atoms. The molecule has 152 valence electrons. The van der Waals surface area contributed by atoms with Gasteiger partial charge in [-0.05, 0) is 23.5 Å². The molecule has 0 aliphatic heterocycles. The standard InChI is InChI=1S/C24H27IN2O2/c1-18(2)15-21-23(29-17-20-11-7-4-8-12-20)27-22(16-25)24(26-21)28-14-13-19-9-5-3-6-10-19/h3-12,18H,13-17H2,1-2H3. The summed E-state index contributed by atoms with van der Waals surface area (Å²) < 4.78 is 12.8. The van der Waals surface area contributed by atoms with Gasteiger partial charge in [0, 0.05) is 10.8 Å². The van der Waals surface area contributed by atoms with E-state index in [0.29, 0.717) is 30.9 Å². The molecular formula is C24H27IN2O2. The summed E-state index contributed by atoms with van der Waals surface area (Å²) in [6.07, 6.45) is 1.64. The van der Waals surface area contributed by atoms with E-state index in [2.05, 4.69) is 60.7 Å². The van der Waals surface area contributed by atoms with Gasteiger partial charge in [0.15, 0.2) is 0 Å². The molecule has 0 unspecified atom stereocenters. The SMILES string of the molecule is CC(C)Cc1nc(OCCc2ccccc2)c(CI)nc1OCc1ccccc1. The third-order valence-corrected chi connectivity index (χ3v) is 5.11. The van der Waals surface area contributed by atoms with E-state index in [1.54, 1.807) is 0 Å². The fourth-order valence-electron chi connectivity index (χ4n) is 2.94. The lowest BCUT2D eigenvalue weighted by Gasteiger charge is -2.16. The maximum atomic E-state index is 6.06. The van der Waals surface area contributed by atoms with E-state index >= 15 is 0 Å². The Labute approximate surface area is 186 Å². The molecule has 0 amide bonds. The van der Waals surface area contributed by atoms with E-state index < -0.39 is 0 Å². The zero-order chi connectivity index (χ0) is 20.5. The second kappa shape index (κ2) is 11.1. The van der Waals surface area contributed by atoms with Crippen LogP contribution in [-0.4, -0.2) is 16.6 Å². The fraction of sp³-hybridized carbons (Fsp3) is 0.333. The minimum atomic E-state index is 0.450. The molecule has 0 saturated heterocycles. The first kappa shape index (κ1) is 21.6. The monoisotopic (exact) mass is 502 g/mol. The van der Waals surface area contributed by atoms with Crippen molar-refractivity contribution in [3.05, 3.63) is 83.2 Å². The van der Waals surface area contributed by atoms with Crippen molar-refractivity contribution in [1.82, 2.24) is 9.97 Å². The minimum Gasteiger partial charge on any atom is -0.476 e. The highest BCUT2D eigenvalue weighted by atomic mass is 127. The molecular weight excluding hydrogens is 475 g/mol. The van der Waals surface area contributed by atoms with Crippen LogP contribution >= 0.6 is 22.6 Å². The molecule has 0 N–H and O–H groups in total. The molecule has 3 aromatic rings. The molecule has 0 bridgehead atoms. The smallest absolute Gasteiger partial charge is 0.236 e. The number of aromatic nitrogens is 2. The van der Waals surface area contributed by atoms with Crippen LogP contribution < -0.4 is 9.47 Å². The van der Waals surface area contributed by atoms with Crippen molar-refractivity contribution in [3.8, 4) is 11.8 Å². The number of ether oxygens (including phenoxy) is 2. The van der Waals surface area contributed by atoms with Gasteiger partial charge in [-0.3, -0.25) is 0 Å². The van der Waals surface area contributed by atoms with Crippen molar-refractivity contribution < 1.29 is 9.47 Å². The van der Waals surface area contributed by atoms with Gasteiger partial charge in [-0.25, -0.2) is 9.97 Å². The summed E-state index contributed by atoms with van der Waals surface area (Å²) in [6.45, 7) is 5.40. The molecule has 4 nitrogen and oxygen atoms in total. The van der Waals surface area contributed by atoms with Gasteiger partial charge >= 0.3 is 0 Å². The van der Waals surface area contributed by atoms with Crippen LogP contribution in [0.3, 0.4) is 0 Å². The van der Waals surface area contributed by atoms with Gasteiger partial charge in [-0.2, -0.15) is 0 Å². The number of hydrogen-bond acceptors (Lipinski definition) is 4. The molecule has 1 aromatic heterocycles. The van der Waals surface area contributed by atoms with Crippen molar-refractivity contribution in [3.63, 3.8) is 0 Å². The van der Waals surface area contributed by atoms with E-state index in [-0.39, 0.29) is 0 Å². The Morgan fingerprint density at radius 2 is 1.38 bits per heavy atom. The Bertz CT molecular complexity index is 886. The molecule has 2 aromatic carbocycles. The Morgan fingerprint density at radius 1 is 0.793 bits per heavy atom. The Morgan fingerprint density at radius 3 is 2.00 bits per heavy atom. The second-order valence-electron chi connectivity index (χ2n) is 7.32. The van der Waals surface area contributed by atoms with Gasteiger partial charge in [-0.15, -0.1) is 0 Å². The van der Waals surface area contributed by atoms with Gasteiger partial charge in [-0.1, -0.05) is 97.1 Å². The van der Waals surface area contributed by atoms with Crippen molar-refractivity contribution in [2.24, 2.45) is 5.92 Å². The van der Waals surface area contributed by atoms with Gasteiger partial charge in [0.25, 0.3) is 0 Å². The van der Waals surface area contributed by atoms with Crippen LogP contribution in [0.25, 0.3) is 0 Å². The lowest BCUT2D eigenvalue weighted by atomic mass is 10.1. The normalized spacial score (nSPS) is 10.9. The highest BCUT2D eigenvalue weighted by Gasteiger charge is 2.17. The Hall–Kier alpha value is -2.15. The van der Waals surface area contributed by atoms with Crippen LogP contribution in [-0.2, 0) is 23.9 Å². The first-order valence-corrected chi connectivity index (χ1v) is 11.5. The summed E-state index contributed by atoms with van der Waals surface area (Å²) in [5.41, 5.74) is 4.05. The summed E-state index contributed by atoms with van der Waals surface area (Å²) in [4.78, 5) is 9.58. The molecule has 0 fully saturated rings. The van der Waals surface area contributed by atoms with E-state index in [1.165, 1.54) is 5.56 Å². The van der Waals surface area contributed by atoms with Crippen LogP contribution in [0.2, 0.25) is 0 Å². The first-order valence-electron chi connectivity index (χ1n) is 9.95. The average Bonchev–Trinajstić information content (AvgIpc) is 2.74. The molecule has 0 spiro atoms. The van der Waals surface area contributed by atoms with Crippen molar-refractivity contribution in [2.75, 3.05) is 6.61 Å². The zero-order valence-corrected chi connectivity index (χ0v) is 19.1. The number of nitrogens with zero attached hydrogens (tertiary/aromatic N) is 2. The molecule has 5 heteroatoms. The Balaban J connectivity index is 1.75. The molecule has 0 radical (unpaired) electrons. The highest BCUT2D eigenvalue weighted by molar-refractivity contribution is 14.1. The second-order valence-corrected chi connectivity index (χ2v) is 8.08. The van der Waals surface area contributed by atoms with E-state index in [1.807, 2.05) is 36.4 Å². The predicted octanol–water partition coefficient (Wildman–Crippen LogP) is 5.81. The van der Waals surface area contributed by atoms with Crippen LogP contribution in [0.15, 0.2) is 60.7 Å². The largest absolute Gasteiger partial charge is 0.476 e. The van der Waals surface area contributed by atoms with Crippen molar-refractivity contribution in [2.45, 2.75) is 37.7 Å². The van der Waals surface area contributed by atoms with Gasteiger partial charge in [0.05, 0.1) is 6.61 Å². The molecule has 3 rings (SSSR count). The predicted molar refractivity (Wildman–Crippen MR) is 125 cm³/mol. The molecule has 0 atom stereocenters. The number of benzene rings is 2. The minimum absolute atomic E-state index is 0.450. The first-order chi connectivity index (χ1) is 14.2. The van der Waals surface area contributed by atoms with Crippen molar-refractivity contribution >= 4 is 22.6 Å². The summed E-state index contributed by atoms with van der Waals surface area (Å²) in [6, 6.07) is 20.5. The molecule has 1 heterocycles. The lowest BCUT2D eigenvalue weighted by molar-refractivity contribution is 0.274. The summed E-state index contributed by atoms with van der Waals surface area (Å²) in [5.74, 6) is 1.69. The van der Waals surface area contributed by atoms with E-state index in [9.17, 15) is 0 Å². The summed E-state index contributed by atoms with van der Waals surface area (Å²) >= 11 is 2.30. The summed E-state index contributed by atoms with van der Waals surface area (Å²) in [5, 5.41) is 0. The van der Waals surface area contributed by atoms with Crippen molar-refractivity contribution in [1.29, 1.82) is 0 Å².